The van der Waals surface area contributed by atoms with Crippen LogP contribution in [0.2, 0.25) is 0 Å². The summed E-state index contributed by atoms with van der Waals surface area (Å²) >= 11 is 1.87. The first-order valence-electron chi connectivity index (χ1n) is 15.2. The molecule has 9 rings (SSSR count). The molecule has 0 bridgehead atoms. The van der Waals surface area contributed by atoms with Crippen molar-refractivity contribution in [2.75, 3.05) is 0 Å². The average molecular weight is 564 g/mol. The van der Waals surface area contributed by atoms with Crippen LogP contribution in [0.1, 0.15) is 1.37 Å². The third-order valence-corrected chi connectivity index (χ3v) is 9.93. The summed E-state index contributed by atoms with van der Waals surface area (Å²) in [5.74, 6) is 0. The second-order valence-corrected chi connectivity index (χ2v) is 12.2. The summed E-state index contributed by atoms with van der Waals surface area (Å²) in [5, 5.41) is 9.93. The highest BCUT2D eigenvalue weighted by molar-refractivity contribution is 7.25. The van der Waals surface area contributed by atoms with E-state index >= 15 is 0 Å². The zero-order valence-corrected chi connectivity index (χ0v) is 24.2. The molecular weight excluding hydrogens is 537 g/mol. The highest BCUT2D eigenvalue weighted by atomic mass is 32.1. The van der Waals surface area contributed by atoms with Gasteiger partial charge in [0.1, 0.15) is 0 Å². The van der Waals surface area contributed by atoms with Crippen LogP contribution in [0.4, 0.5) is 0 Å². The molecule has 0 spiro atoms. The summed E-state index contributed by atoms with van der Waals surface area (Å²) in [6.07, 6.45) is 0. The summed E-state index contributed by atoms with van der Waals surface area (Å²) in [5.41, 5.74) is 7.46. The molecule has 1 aromatic heterocycles. The number of hydrogen-bond donors (Lipinski definition) is 0. The van der Waals surface area contributed by atoms with E-state index in [0.29, 0.717) is 6.04 Å². The summed E-state index contributed by atoms with van der Waals surface area (Å²) < 4.78 is 10.7. The molecule has 0 saturated heterocycles. The molecule has 0 aliphatic carbocycles. The van der Waals surface area contributed by atoms with Crippen molar-refractivity contribution in [3.8, 4) is 33.4 Å². The van der Waals surface area contributed by atoms with Gasteiger partial charge in [-0.15, -0.1) is 11.3 Å². The lowest BCUT2D eigenvalue weighted by atomic mass is 9.83. The number of hydrogen-bond acceptors (Lipinski definition) is 1. The van der Waals surface area contributed by atoms with Crippen molar-refractivity contribution in [2.45, 2.75) is 0 Å². The van der Waals surface area contributed by atoms with Crippen LogP contribution < -0.4 is 0 Å². The van der Waals surface area contributed by atoms with E-state index in [1.54, 1.807) is 0 Å². The first-order valence-corrected chi connectivity index (χ1v) is 15.5. The van der Waals surface area contributed by atoms with Crippen molar-refractivity contribution in [3.05, 3.63) is 158 Å². The minimum absolute atomic E-state index is 0.537. The smallest absolute Gasteiger partial charge is 0.0623 e. The molecule has 0 aliphatic rings. The normalized spacial score (nSPS) is 12.0. The topological polar surface area (TPSA) is 0 Å². The highest BCUT2D eigenvalue weighted by Crippen LogP contribution is 2.49. The van der Waals surface area contributed by atoms with Gasteiger partial charge in [0.2, 0.25) is 0 Å². The van der Waals surface area contributed by atoms with E-state index in [1.165, 1.54) is 75.1 Å². The number of rotatable bonds is 3. The van der Waals surface area contributed by atoms with E-state index in [0.717, 1.165) is 10.8 Å². The van der Waals surface area contributed by atoms with Gasteiger partial charge in [-0.25, -0.2) is 0 Å². The molecule has 1 heterocycles. The van der Waals surface area contributed by atoms with Crippen LogP contribution in [0.25, 0.3) is 85.9 Å². The molecule has 200 valence electrons. The quantitative estimate of drug-likeness (QED) is 0.188. The van der Waals surface area contributed by atoms with Gasteiger partial charge in [-0.2, -0.15) is 0 Å². The standard InChI is InChI=1S/C42H26S/c1-2-13-28-26-29(25-24-27(28)12-1)30-14-3-4-15-31(30)40-32-16-5-7-18-34(32)41(35-19-8-6-17-33(35)40)37-21-11-23-39-42(37)36-20-9-10-22-38(36)43-39/h1-26H/i1D. The van der Waals surface area contributed by atoms with Crippen molar-refractivity contribution in [2.24, 2.45) is 0 Å². The van der Waals surface area contributed by atoms with Crippen molar-refractivity contribution >= 4 is 63.8 Å². The van der Waals surface area contributed by atoms with Crippen molar-refractivity contribution < 1.29 is 1.37 Å². The molecule has 1 heteroatoms. The molecule has 0 radical (unpaired) electrons. The molecule has 0 fully saturated rings. The van der Waals surface area contributed by atoms with Crippen LogP contribution in [0.5, 0.6) is 0 Å². The van der Waals surface area contributed by atoms with Gasteiger partial charge in [0.15, 0.2) is 0 Å². The van der Waals surface area contributed by atoms with Gasteiger partial charge in [-0.3, -0.25) is 0 Å². The molecule has 8 aromatic carbocycles. The van der Waals surface area contributed by atoms with Gasteiger partial charge in [-0.1, -0.05) is 140 Å². The second kappa shape index (κ2) is 9.66. The Morgan fingerprint density at radius 3 is 1.72 bits per heavy atom. The van der Waals surface area contributed by atoms with E-state index < -0.39 is 0 Å². The Morgan fingerprint density at radius 2 is 0.977 bits per heavy atom. The Bertz CT molecular complexity index is 2510. The molecule has 0 nitrogen and oxygen atoms in total. The predicted octanol–water partition coefficient (Wildman–Crippen LogP) is 12.5. The Morgan fingerprint density at radius 1 is 0.395 bits per heavy atom. The van der Waals surface area contributed by atoms with E-state index in [2.05, 4.69) is 140 Å². The maximum absolute atomic E-state index is 8.05. The largest absolute Gasteiger partial charge is 0.135 e. The zero-order chi connectivity index (χ0) is 29.2. The molecule has 0 amide bonds. The van der Waals surface area contributed by atoms with E-state index in [9.17, 15) is 0 Å². The molecule has 0 N–H and O–H groups in total. The molecule has 0 unspecified atom stereocenters. The maximum Gasteiger partial charge on any atom is 0.0623 e. The molecule has 0 aliphatic heterocycles. The fourth-order valence-electron chi connectivity index (χ4n) is 6.94. The Labute approximate surface area is 255 Å². The van der Waals surface area contributed by atoms with Crippen LogP contribution in [0, 0.1) is 0 Å². The first-order chi connectivity index (χ1) is 21.7. The van der Waals surface area contributed by atoms with Crippen molar-refractivity contribution in [1.29, 1.82) is 0 Å². The van der Waals surface area contributed by atoms with Crippen LogP contribution in [0.3, 0.4) is 0 Å². The third kappa shape index (κ3) is 3.75. The molecule has 0 saturated carbocycles. The summed E-state index contributed by atoms with van der Waals surface area (Å²) in [6, 6.07) is 55.2. The fourth-order valence-corrected chi connectivity index (χ4v) is 8.07. The van der Waals surface area contributed by atoms with Crippen LogP contribution in [-0.4, -0.2) is 0 Å². The minimum Gasteiger partial charge on any atom is -0.135 e. The lowest BCUT2D eigenvalue weighted by Gasteiger charge is -2.20. The SMILES string of the molecule is [2H]c1ccc2cc(-c3ccccc3-c3c4ccccc4c(-c4cccc5sc6ccccc6c45)c4ccccc34)ccc2c1. The lowest BCUT2D eigenvalue weighted by molar-refractivity contribution is 1.62. The monoisotopic (exact) mass is 563 g/mol. The Hall–Kier alpha value is -5.24. The van der Waals surface area contributed by atoms with E-state index in [-0.39, 0.29) is 0 Å². The minimum atomic E-state index is 0.537. The van der Waals surface area contributed by atoms with Gasteiger partial charge >= 0.3 is 0 Å². The van der Waals surface area contributed by atoms with Gasteiger partial charge in [0, 0.05) is 20.2 Å². The van der Waals surface area contributed by atoms with Gasteiger partial charge in [0.05, 0.1) is 1.37 Å². The van der Waals surface area contributed by atoms with E-state index in [1.807, 2.05) is 23.5 Å². The Kier molecular flexibility index (Phi) is 5.24. The van der Waals surface area contributed by atoms with Crippen molar-refractivity contribution in [1.82, 2.24) is 0 Å². The van der Waals surface area contributed by atoms with E-state index in [4.69, 9.17) is 1.37 Å². The maximum atomic E-state index is 8.05. The predicted molar refractivity (Wildman–Crippen MR) is 188 cm³/mol. The molecule has 9 aromatic rings. The molecule has 43 heavy (non-hydrogen) atoms. The summed E-state index contributed by atoms with van der Waals surface area (Å²) in [4.78, 5) is 0. The Balaban J connectivity index is 1.38. The highest BCUT2D eigenvalue weighted by Gasteiger charge is 2.20. The van der Waals surface area contributed by atoms with Crippen LogP contribution in [-0.2, 0) is 0 Å². The molecule has 0 atom stereocenters. The number of benzene rings is 8. The average Bonchev–Trinajstić information content (AvgIpc) is 3.46. The summed E-state index contributed by atoms with van der Waals surface area (Å²) in [6.45, 7) is 0. The number of thiophene rings is 1. The summed E-state index contributed by atoms with van der Waals surface area (Å²) in [7, 11) is 0. The van der Waals surface area contributed by atoms with Gasteiger partial charge in [-0.05, 0) is 83.9 Å². The van der Waals surface area contributed by atoms with Gasteiger partial charge in [0.25, 0.3) is 0 Å². The first kappa shape index (κ1) is 23.3. The van der Waals surface area contributed by atoms with Crippen molar-refractivity contribution in [3.63, 3.8) is 0 Å². The molecular formula is C42H26S. The lowest BCUT2D eigenvalue weighted by Crippen LogP contribution is -1.93. The third-order valence-electron chi connectivity index (χ3n) is 8.80. The zero-order valence-electron chi connectivity index (χ0n) is 24.3. The van der Waals surface area contributed by atoms with Gasteiger partial charge < -0.3 is 0 Å². The fraction of sp³-hybridized carbons (Fsp3) is 0. The number of fused-ring (bicyclic) bond motifs is 6. The van der Waals surface area contributed by atoms with Crippen LogP contribution >= 0.6 is 11.3 Å². The van der Waals surface area contributed by atoms with Crippen LogP contribution in [0.15, 0.2) is 158 Å². The second-order valence-electron chi connectivity index (χ2n) is 11.2.